The Bertz CT molecular complexity index is 780. The van der Waals surface area contributed by atoms with Crippen LogP contribution in [0.5, 0.6) is 0 Å². The van der Waals surface area contributed by atoms with Gasteiger partial charge in [0.2, 0.25) is 0 Å². The number of hydrogen-bond acceptors (Lipinski definition) is 6. The van der Waals surface area contributed by atoms with E-state index in [-0.39, 0.29) is 5.91 Å². The summed E-state index contributed by atoms with van der Waals surface area (Å²) in [6.45, 7) is 4.77. The second-order valence-corrected chi connectivity index (χ2v) is 6.75. The summed E-state index contributed by atoms with van der Waals surface area (Å²) >= 11 is 1.45. The topological polar surface area (TPSA) is 76.5 Å². The molecular formula is C16H20N4O3S. The van der Waals surface area contributed by atoms with Crippen molar-refractivity contribution in [2.75, 3.05) is 25.5 Å². The average Bonchev–Trinajstić information content (AvgIpc) is 3.16. The fourth-order valence-corrected chi connectivity index (χ4v) is 4.11. The number of rotatable bonds is 4. The van der Waals surface area contributed by atoms with Crippen molar-refractivity contribution in [3.8, 4) is 0 Å². The van der Waals surface area contributed by atoms with Crippen LogP contribution in [0.15, 0.2) is 12.3 Å². The number of methoxy groups -OCH3 is 1. The van der Waals surface area contributed by atoms with Crippen molar-refractivity contribution >= 4 is 28.2 Å². The molecule has 24 heavy (non-hydrogen) atoms. The van der Waals surface area contributed by atoms with E-state index in [1.165, 1.54) is 18.4 Å². The monoisotopic (exact) mass is 348 g/mol. The van der Waals surface area contributed by atoms with Crippen molar-refractivity contribution in [2.24, 2.45) is 7.05 Å². The van der Waals surface area contributed by atoms with Crippen LogP contribution in [0.3, 0.4) is 0 Å². The molecule has 1 aliphatic heterocycles. The summed E-state index contributed by atoms with van der Waals surface area (Å²) in [4.78, 5) is 28.0. The minimum absolute atomic E-state index is 0.315. The highest BCUT2D eigenvalue weighted by Crippen LogP contribution is 2.37. The van der Waals surface area contributed by atoms with E-state index in [1.54, 1.807) is 24.0 Å². The predicted octanol–water partition coefficient (Wildman–Crippen LogP) is 1.90. The van der Waals surface area contributed by atoms with Crippen LogP contribution < -0.4 is 5.32 Å². The fourth-order valence-electron chi connectivity index (χ4n) is 2.84. The number of likely N-dealkylation sites (N-methyl/N-ethyl adjacent to an activating group) is 1. The second kappa shape index (κ2) is 6.74. The fraction of sp³-hybridized carbons (Fsp3) is 0.438. The second-order valence-electron chi connectivity index (χ2n) is 5.65. The molecule has 0 radical (unpaired) electrons. The molecule has 0 unspecified atom stereocenters. The lowest BCUT2D eigenvalue weighted by atomic mass is 10.0. The first kappa shape index (κ1) is 16.7. The highest BCUT2D eigenvalue weighted by molar-refractivity contribution is 7.17. The SMILES string of the molecule is CCN1CCc2c(sc(NC(=O)c3ccn(C)n3)c2C(=O)OC)C1. The van der Waals surface area contributed by atoms with E-state index < -0.39 is 5.97 Å². The first-order chi connectivity index (χ1) is 11.5. The average molecular weight is 348 g/mol. The molecule has 1 N–H and O–H groups in total. The van der Waals surface area contributed by atoms with Gasteiger partial charge >= 0.3 is 5.97 Å². The number of aryl methyl sites for hydroxylation is 1. The van der Waals surface area contributed by atoms with E-state index >= 15 is 0 Å². The molecule has 0 saturated carbocycles. The number of ether oxygens (including phenoxy) is 1. The Labute approximate surface area is 144 Å². The zero-order valence-corrected chi connectivity index (χ0v) is 14.8. The Morgan fingerprint density at radius 1 is 1.46 bits per heavy atom. The quantitative estimate of drug-likeness (QED) is 0.854. The van der Waals surface area contributed by atoms with Crippen LogP contribution in [-0.4, -0.2) is 46.8 Å². The van der Waals surface area contributed by atoms with E-state index in [2.05, 4.69) is 22.2 Å². The summed E-state index contributed by atoms with van der Waals surface area (Å²) in [7, 11) is 3.11. The van der Waals surface area contributed by atoms with Crippen molar-refractivity contribution in [2.45, 2.75) is 19.9 Å². The third kappa shape index (κ3) is 3.07. The van der Waals surface area contributed by atoms with Crippen molar-refractivity contribution < 1.29 is 14.3 Å². The molecule has 7 nitrogen and oxygen atoms in total. The summed E-state index contributed by atoms with van der Waals surface area (Å²) in [5, 5.41) is 7.47. The predicted molar refractivity (Wildman–Crippen MR) is 91.5 cm³/mol. The van der Waals surface area contributed by atoms with Crippen LogP contribution in [0.2, 0.25) is 0 Å². The van der Waals surface area contributed by atoms with E-state index in [0.29, 0.717) is 16.3 Å². The minimum atomic E-state index is -0.409. The number of esters is 1. The van der Waals surface area contributed by atoms with Crippen LogP contribution >= 0.6 is 11.3 Å². The number of anilines is 1. The van der Waals surface area contributed by atoms with Gasteiger partial charge in [-0.1, -0.05) is 6.92 Å². The molecule has 3 heterocycles. The number of hydrogen-bond donors (Lipinski definition) is 1. The lowest BCUT2D eigenvalue weighted by molar-refractivity contribution is 0.0600. The van der Waals surface area contributed by atoms with E-state index in [9.17, 15) is 9.59 Å². The first-order valence-electron chi connectivity index (χ1n) is 7.79. The van der Waals surface area contributed by atoms with Gasteiger partial charge in [0.05, 0.1) is 12.7 Å². The van der Waals surface area contributed by atoms with Gasteiger partial charge in [0, 0.05) is 31.2 Å². The number of carbonyl (C=O) groups is 2. The molecule has 1 aliphatic rings. The summed E-state index contributed by atoms with van der Waals surface area (Å²) in [6, 6.07) is 1.64. The number of fused-ring (bicyclic) bond motifs is 1. The molecular weight excluding hydrogens is 328 g/mol. The third-order valence-electron chi connectivity index (χ3n) is 4.15. The maximum absolute atomic E-state index is 12.4. The van der Waals surface area contributed by atoms with Crippen LogP contribution in [0.1, 0.15) is 38.2 Å². The van der Waals surface area contributed by atoms with Crippen molar-refractivity contribution in [3.63, 3.8) is 0 Å². The molecule has 3 rings (SSSR count). The molecule has 0 fully saturated rings. The Kier molecular flexibility index (Phi) is 4.68. The Morgan fingerprint density at radius 3 is 2.88 bits per heavy atom. The van der Waals surface area contributed by atoms with Crippen LogP contribution in [0.25, 0.3) is 0 Å². The molecule has 2 aromatic heterocycles. The number of carbonyl (C=O) groups excluding carboxylic acids is 2. The standard InChI is InChI=1S/C16H20N4O3S/c1-4-20-8-5-10-12(9-20)24-15(13(10)16(22)23-3)17-14(21)11-6-7-19(2)18-11/h6-7H,4-5,8-9H2,1-3H3,(H,17,21). The van der Waals surface area contributed by atoms with Gasteiger partial charge < -0.3 is 10.1 Å². The lowest BCUT2D eigenvalue weighted by Gasteiger charge is -2.25. The van der Waals surface area contributed by atoms with Gasteiger partial charge in [-0.15, -0.1) is 11.3 Å². The molecule has 1 amide bonds. The maximum atomic E-state index is 12.4. The number of thiophene rings is 1. The number of aromatic nitrogens is 2. The molecule has 2 aromatic rings. The van der Waals surface area contributed by atoms with E-state index in [4.69, 9.17) is 4.74 Å². The van der Waals surface area contributed by atoms with Crippen LogP contribution in [-0.2, 0) is 24.8 Å². The molecule has 0 spiro atoms. The molecule has 0 saturated heterocycles. The van der Waals surface area contributed by atoms with E-state index in [1.807, 2.05) is 0 Å². The van der Waals surface area contributed by atoms with Gasteiger partial charge in [0.1, 0.15) is 5.00 Å². The highest BCUT2D eigenvalue weighted by Gasteiger charge is 2.29. The molecule has 0 aliphatic carbocycles. The highest BCUT2D eigenvalue weighted by atomic mass is 32.1. The third-order valence-corrected chi connectivity index (χ3v) is 5.28. The first-order valence-corrected chi connectivity index (χ1v) is 8.61. The summed E-state index contributed by atoms with van der Waals surface area (Å²) in [5.74, 6) is -0.736. The van der Waals surface area contributed by atoms with Gasteiger partial charge in [-0.3, -0.25) is 14.4 Å². The number of nitrogens with zero attached hydrogens (tertiary/aromatic N) is 3. The van der Waals surface area contributed by atoms with Gasteiger partial charge in [0.25, 0.3) is 5.91 Å². The number of nitrogens with one attached hydrogen (secondary N) is 1. The Balaban J connectivity index is 1.93. The molecule has 0 atom stereocenters. The van der Waals surface area contributed by atoms with Crippen molar-refractivity contribution in [3.05, 3.63) is 34.0 Å². The molecule has 8 heteroatoms. The molecule has 0 aromatic carbocycles. The molecule has 0 bridgehead atoms. The number of amides is 1. The Hall–Kier alpha value is -2.19. The zero-order valence-electron chi connectivity index (χ0n) is 14.0. The van der Waals surface area contributed by atoms with Crippen molar-refractivity contribution in [1.29, 1.82) is 0 Å². The lowest BCUT2D eigenvalue weighted by Crippen LogP contribution is -2.29. The smallest absolute Gasteiger partial charge is 0.341 e. The van der Waals surface area contributed by atoms with Gasteiger partial charge in [-0.25, -0.2) is 4.79 Å². The van der Waals surface area contributed by atoms with E-state index in [0.717, 1.165) is 36.5 Å². The zero-order chi connectivity index (χ0) is 17.3. The van der Waals surface area contributed by atoms with Gasteiger partial charge in [0.15, 0.2) is 5.69 Å². The summed E-state index contributed by atoms with van der Waals surface area (Å²) < 4.78 is 6.49. The van der Waals surface area contributed by atoms with Gasteiger partial charge in [-0.05, 0) is 24.6 Å². The Morgan fingerprint density at radius 2 is 2.25 bits per heavy atom. The van der Waals surface area contributed by atoms with Crippen LogP contribution in [0.4, 0.5) is 5.00 Å². The molecule has 128 valence electrons. The normalized spacial score (nSPS) is 14.3. The van der Waals surface area contributed by atoms with Gasteiger partial charge in [-0.2, -0.15) is 5.10 Å². The maximum Gasteiger partial charge on any atom is 0.341 e. The minimum Gasteiger partial charge on any atom is -0.465 e. The van der Waals surface area contributed by atoms with Crippen molar-refractivity contribution in [1.82, 2.24) is 14.7 Å². The summed E-state index contributed by atoms with van der Waals surface area (Å²) in [5.41, 5.74) is 1.79. The largest absolute Gasteiger partial charge is 0.465 e. The van der Waals surface area contributed by atoms with Crippen LogP contribution in [0, 0.1) is 0 Å². The summed E-state index contributed by atoms with van der Waals surface area (Å²) in [6.07, 6.45) is 2.48.